The van der Waals surface area contributed by atoms with Crippen LogP contribution in [0.3, 0.4) is 0 Å². The van der Waals surface area contributed by atoms with Crippen molar-refractivity contribution in [2.24, 2.45) is 0 Å². The van der Waals surface area contributed by atoms with Crippen LogP contribution >= 0.6 is 23.1 Å². The summed E-state index contributed by atoms with van der Waals surface area (Å²) in [6, 6.07) is 0.434. The van der Waals surface area contributed by atoms with Crippen molar-refractivity contribution in [3.05, 3.63) is 0 Å². The number of nitrogens with zero attached hydrogens (tertiary/aromatic N) is 3. The maximum absolute atomic E-state index is 12.3. The summed E-state index contributed by atoms with van der Waals surface area (Å²) in [5.41, 5.74) is 0. The molecule has 19 heavy (non-hydrogen) atoms. The third-order valence-corrected chi connectivity index (χ3v) is 5.42. The second-order valence-electron chi connectivity index (χ2n) is 4.56. The summed E-state index contributed by atoms with van der Waals surface area (Å²) in [5.74, 6) is 0.701. The van der Waals surface area contributed by atoms with Crippen molar-refractivity contribution in [3.63, 3.8) is 0 Å². The maximum Gasteiger partial charge on any atom is 0.233 e. The van der Waals surface area contributed by atoms with Crippen molar-refractivity contribution in [2.45, 2.75) is 43.0 Å². The van der Waals surface area contributed by atoms with Gasteiger partial charge in [0, 0.05) is 19.6 Å². The molecule has 1 saturated heterocycles. The number of aromatic nitrogens is 2. The molecule has 0 aliphatic carbocycles. The van der Waals surface area contributed by atoms with Crippen molar-refractivity contribution in [3.8, 4) is 0 Å². The predicted octanol–water partition coefficient (Wildman–Crippen LogP) is 2.46. The van der Waals surface area contributed by atoms with E-state index in [2.05, 4.69) is 27.3 Å². The molecule has 1 aromatic rings. The zero-order chi connectivity index (χ0) is 13.7. The molecule has 0 bridgehead atoms. The first-order chi connectivity index (χ1) is 9.24. The van der Waals surface area contributed by atoms with E-state index in [1.807, 2.05) is 7.05 Å². The normalized spacial score (nSPS) is 19.5. The van der Waals surface area contributed by atoms with Gasteiger partial charge in [-0.25, -0.2) is 0 Å². The fraction of sp³-hybridized carbons (Fsp3) is 0.750. The van der Waals surface area contributed by atoms with E-state index in [-0.39, 0.29) is 5.91 Å². The van der Waals surface area contributed by atoms with E-state index in [4.69, 9.17) is 0 Å². The highest BCUT2D eigenvalue weighted by Gasteiger charge is 2.25. The van der Waals surface area contributed by atoms with Crippen molar-refractivity contribution >= 4 is 34.1 Å². The molecule has 7 heteroatoms. The van der Waals surface area contributed by atoms with Gasteiger partial charge < -0.3 is 10.2 Å². The van der Waals surface area contributed by atoms with Gasteiger partial charge in [0.2, 0.25) is 11.0 Å². The number of thioether (sulfide) groups is 1. The quantitative estimate of drug-likeness (QED) is 0.847. The molecule has 1 unspecified atom stereocenters. The Bertz CT molecular complexity index is 424. The largest absolute Gasteiger partial charge is 0.363 e. The van der Waals surface area contributed by atoms with Crippen molar-refractivity contribution < 1.29 is 4.79 Å². The summed E-state index contributed by atoms with van der Waals surface area (Å²) in [4.78, 5) is 14.3. The molecule has 0 radical (unpaired) electrons. The van der Waals surface area contributed by atoms with Crippen LogP contribution < -0.4 is 5.32 Å². The zero-order valence-electron chi connectivity index (χ0n) is 11.4. The smallest absolute Gasteiger partial charge is 0.233 e. The second kappa shape index (κ2) is 7.09. The van der Waals surface area contributed by atoms with Gasteiger partial charge in [0.25, 0.3) is 0 Å². The van der Waals surface area contributed by atoms with Gasteiger partial charge in [0.15, 0.2) is 4.34 Å². The number of anilines is 1. The summed E-state index contributed by atoms with van der Waals surface area (Å²) in [6.07, 6.45) is 4.59. The van der Waals surface area contributed by atoms with E-state index in [1.165, 1.54) is 29.5 Å². The number of piperidine rings is 1. The Labute approximate surface area is 122 Å². The van der Waals surface area contributed by atoms with Gasteiger partial charge in [-0.3, -0.25) is 4.79 Å². The van der Waals surface area contributed by atoms with Crippen molar-refractivity contribution in [1.82, 2.24) is 15.1 Å². The summed E-state index contributed by atoms with van der Waals surface area (Å²) in [6.45, 7) is 3.07. The van der Waals surface area contributed by atoms with Crippen LogP contribution in [0.1, 0.15) is 32.6 Å². The standard InChI is InChI=1S/C12H20N4OS2/c1-3-9-6-4-5-7-16(9)10(17)8-18-12-15-14-11(13-2)19-12/h9H,3-8H2,1-2H3,(H,13,14). The molecule has 1 atom stereocenters. The zero-order valence-corrected chi connectivity index (χ0v) is 13.0. The van der Waals surface area contributed by atoms with Crippen LogP contribution in [0.2, 0.25) is 0 Å². The van der Waals surface area contributed by atoms with Crippen LogP contribution in [-0.4, -0.2) is 46.4 Å². The molecule has 1 amide bonds. The lowest BCUT2D eigenvalue weighted by Gasteiger charge is -2.35. The van der Waals surface area contributed by atoms with Gasteiger partial charge >= 0.3 is 0 Å². The van der Waals surface area contributed by atoms with E-state index in [1.54, 1.807) is 0 Å². The molecular weight excluding hydrogens is 280 g/mol. The molecule has 106 valence electrons. The van der Waals surface area contributed by atoms with E-state index in [9.17, 15) is 4.79 Å². The average molecular weight is 300 g/mol. The fourth-order valence-electron chi connectivity index (χ4n) is 2.33. The molecule has 0 spiro atoms. The highest BCUT2D eigenvalue weighted by Crippen LogP contribution is 2.26. The first-order valence-electron chi connectivity index (χ1n) is 6.68. The number of likely N-dealkylation sites (tertiary alicyclic amines) is 1. The summed E-state index contributed by atoms with van der Waals surface area (Å²) < 4.78 is 0.850. The number of hydrogen-bond donors (Lipinski definition) is 1. The second-order valence-corrected chi connectivity index (χ2v) is 6.76. The van der Waals surface area contributed by atoms with Gasteiger partial charge in [-0.15, -0.1) is 10.2 Å². The fourth-order valence-corrected chi connectivity index (χ4v) is 3.92. The third kappa shape index (κ3) is 3.82. The number of carbonyl (C=O) groups excluding carboxylic acids is 1. The van der Waals surface area contributed by atoms with E-state index in [0.29, 0.717) is 11.8 Å². The third-order valence-electron chi connectivity index (χ3n) is 3.36. The minimum absolute atomic E-state index is 0.234. The SMILES string of the molecule is CCC1CCCCN1C(=O)CSc1nnc(NC)s1. The lowest BCUT2D eigenvalue weighted by Crippen LogP contribution is -2.44. The Morgan fingerprint density at radius 3 is 3.05 bits per heavy atom. The van der Waals surface area contributed by atoms with Crippen LogP contribution in [-0.2, 0) is 4.79 Å². The number of amides is 1. The average Bonchev–Trinajstić information content (AvgIpc) is 2.92. The monoisotopic (exact) mass is 300 g/mol. The highest BCUT2D eigenvalue weighted by atomic mass is 32.2. The van der Waals surface area contributed by atoms with Gasteiger partial charge in [-0.1, -0.05) is 30.0 Å². The highest BCUT2D eigenvalue weighted by molar-refractivity contribution is 8.01. The van der Waals surface area contributed by atoms with E-state index in [0.717, 1.165) is 35.3 Å². The molecule has 1 fully saturated rings. The Morgan fingerprint density at radius 2 is 2.37 bits per heavy atom. The van der Waals surface area contributed by atoms with E-state index >= 15 is 0 Å². The van der Waals surface area contributed by atoms with Crippen LogP contribution in [0.4, 0.5) is 5.13 Å². The first kappa shape index (κ1) is 14.6. The lowest BCUT2D eigenvalue weighted by molar-refractivity contribution is -0.132. The summed E-state index contributed by atoms with van der Waals surface area (Å²) in [5, 5.41) is 11.8. The van der Waals surface area contributed by atoms with Crippen LogP contribution in [0.15, 0.2) is 4.34 Å². The Hall–Kier alpha value is -0.820. The Kier molecular flexibility index (Phi) is 5.45. The van der Waals surface area contributed by atoms with Gasteiger partial charge in [0.05, 0.1) is 5.75 Å². The summed E-state index contributed by atoms with van der Waals surface area (Å²) >= 11 is 2.97. The number of rotatable bonds is 5. The minimum Gasteiger partial charge on any atom is -0.363 e. The molecule has 1 aromatic heterocycles. The van der Waals surface area contributed by atoms with Crippen LogP contribution in [0, 0.1) is 0 Å². The number of nitrogens with one attached hydrogen (secondary N) is 1. The lowest BCUT2D eigenvalue weighted by atomic mass is 10.0. The molecular formula is C12H20N4OS2. The molecule has 1 aliphatic rings. The predicted molar refractivity (Wildman–Crippen MR) is 79.8 cm³/mol. The minimum atomic E-state index is 0.234. The van der Waals surface area contributed by atoms with Crippen molar-refractivity contribution in [2.75, 3.05) is 24.7 Å². The molecule has 1 N–H and O–H groups in total. The molecule has 0 saturated carbocycles. The summed E-state index contributed by atoms with van der Waals surface area (Å²) in [7, 11) is 1.82. The van der Waals surface area contributed by atoms with Gasteiger partial charge in [-0.05, 0) is 25.7 Å². The number of carbonyl (C=O) groups is 1. The molecule has 1 aliphatic heterocycles. The maximum atomic E-state index is 12.3. The molecule has 0 aromatic carbocycles. The number of hydrogen-bond acceptors (Lipinski definition) is 6. The Morgan fingerprint density at radius 1 is 1.53 bits per heavy atom. The molecule has 2 heterocycles. The topological polar surface area (TPSA) is 58.1 Å². The first-order valence-corrected chi connectivity index (χ1v) is 8.48. The van der Waals surface area contributed by atoms with E-state index < -0.39 is 0 Å². The Balaban J connectivity index is 1.86. The molecule has 2 rings (SSSR count). The van der Waals surface area contributed by atoms with Gasteiger partial charge in [0.1, 0.15) is 0 Å². The van der Waals surface area contributed by atoms with Crippen LogP contribution in [0.25, 0.3) is 0 Å². The van der Waals surface area contributed by atoms with Crippen LogP contribution in [0.5, 0.6) is 0 Å². The molecule has 5 nitrogen and oxygen atoms in total. The van der Waals surface area contributed by atoms with Crippen molar-refractivity contribution in [1.29, 1.82) is 0 Å². The van der Waals surface area contributed by atoms with Gasteiger partial charge in [-0.2, -0.15) is 0 Å².